The van der Waals surface area contributed by atoms with Gasteiger partial charge in [0.1, 0.15) is 5.82 Å². The molecule has 0 aliphatic carbocycles. The summed E-state index contributed by atoms with van der Waals surface area (Å²) in [6.45, 7) is -0.528. The van der Waals surface area contributed by atoms with Crippen molar-refractivity contribution in [2.45, 2.75) is 0 Å². The summed E-state index contributed by atoms with van der Waals surface area (Å²) in [7, 11) is 0. The molecule has 1 amide bonds. The highest BCUT2D eigenvalue weighted by Crippen LogP contribution is 2.31. The fourth-order valence-corrected chi connectivity index (χ4v) is 3.94. The van der Waals surface area contributed by atoms with E-state index in [1.807, 2.05) is 60.7 Å². The average molecular weight is 512 g/mol. The number of rotatable bonds is 6. The smallest absolute Gasteiger partial charge is 0.338 e. The van der Waals surface area contributed by atoms with Crippen LogP contribution in [0, 0.1) is 5.82 Å². The second kappa shape index (κ2) is 10.6. The zero-order valence-corrected chi connectivity index (χ0v) is 20.1. The number of fused-ring (bicyclic) bond motifs is 1. The quantitative estimate of drug-likeness (QED) is 0.261. The molecule has 1 heterocycles. The molecule has 6 nitrogen and oxygen atoms in total. The third-order valence-corrected chi connectivity index (χ3v) is 5.82. The van der Waals surface area contributed by atoms with E-state index in [1.54, 1.807) is 18.2 Å². The lowest BCUT2D eigenvalue weighted by Gasteiger charge is -2.11. The van der Waals surface area contributed by atoms with Crippen LogP contribution in [0.4, 0.5) is 10.1 Å². The number of nitrogens with zero attached hydrogens (tertiary/aromatic N) is 2. The van der Waals surface area contributed by atoms with Crippen molar-refractivity contribution in [2.24, 2.45) is 0 Å². The van der Waals surface area contributed by atoms with Crippen LogP contribution in [0.15, 0.2) is 97.1 Å². The number of carbonyl (C=O) groups is 2. The maximum absolute atomic E-state index is 13.3. The molecule has 0 spiro atoms. The van der Waals surface area contributed by atoms with E-state index in [-0.39, 0.29) is 16.3 Å². The molecule has 0 aliphatic rings. The second-order valence-corrected chi connectivity index (χ2v) is 8.52. The summed E-state index contributed by atoms with van der Waals surface area (Å²) in [5, 5.41) is 2.38. The number of anilines is 1. The molecule has 0 saturated heterocycles. The fraction of sp³-hybridized carbons (Fsp3) is 0.0345. The highest BCUT2D eigenvalue weighted by atomic mass is 35.5. The van der Waals surface area contributed by atoms with Gasteiger partial charge in [-0.3, -0.25) is 4.79 Å². The van der Waals surface area contributed by atoms with E-state index in [4.69, 9.17) is 26.3 Å². The summed E-state index contributed by atoms with van der Waals surface area (Å²) in [6, 6.07) is 28.1. The molecule has 5 rings (SSSR count). The van der Waals surface area contributed by atoms with Crippen LogP contribution >= 0.6 is 11.6 Å². The minimum Gasteiger partial charge on any atom is -0.452 e. The standard InChI is InChI=1S/C29H19ClFN3O3/c30-22-16-21(12-13-23(22)31)32-26(35)17-37-29(36)20-11-14-24-25(15-20)34-28(19-9-5-2-6-10-19)27(33-24)18-7-3-1-4-8-18/h1-16H,17H2,(H,32,35). The van der Waals surface area contributed by atoms with Crippen LogP contribution in [-0.2, 0) is 9.53 Å². The number of amides is 1. The van der Waals surface area contributed by atoms with Gasteiger partial charge in [-0.15, -0.1) is 0 Å². The van der Waals surface area contributed by atoms with E-state index in [1.165, 1.54) is 12.1 Å². The summed E-state index contributed by atoms with van der Waals surface area (Å²) in [5.41, 5.74) is 4.87. The van der Waals surface area contributed by atoms with Gasteiger partial charge in [-0.2, -0.15) is 0 Å². The first kappa shape index (κ1) is 24.1. The van der Waals surface area contributed by atoms with Gasteiger partial charge in [0.25, 0.3) is 5.91 Å². The Hall–Kier alpha value is -4.62. The molecular weight excluding hydrogens is 493 g/mol. The normalized spacial score (nSPS) is 10.8. The van der Waals surface area contributed by atoms with Gasteiger partial charge in [0.2, 0.25) is 0 Å². The number of esters is 1. The van der Waals surface area contributed by atoms with Crippen LogP contribution in [0.1, 0.15) is 10.4 Å². The van der Waals surface area contributed by atoms with E-state index < -0.39 is 24.3 Å². The lowest BCUT2D eigenvalue weighted by Crippen LogP contribution is -2.21. The van der Waals surface area contributed by atoms with Gasteiger partial charge >= 0.3 is 5.97 Å². The molecule has 8 heteroatoms. The predicted molar refractivity (Wildman–Crippen MR) is 141 cm³/mol. The Balaban J connectivity index is 1.39. The van der Waals surface area contributed by atoms with E-state index in [9.17, 15) is 14.0 Å². The topological polar surface area (TPSA) is 81.2 Å². The first-order valence-electron chi connectivity index (χ1n) is 11.3. The summed E-state index contributed by atoms with van der Waals surface area (Å²) in [5.74, 6) is -1.88. The molecule has 0 fully saturated rings. The minimum atomic E-state index is -0.690. The van der Waals surface area contributed by atoms with Gasteiger partial charge in [-0.25, -0.2) is 19.2 Å². The molecule has 0 aliphatic heterocycles. The van der Waals surface area contributed by atoms with E-state index >= 15 is 0 Å². The van der Waals surface area contributed by atoms with Crippen LogP contribution in [0.3, 0.4) is 0 Å². The molecule has 0 unspecified atom stereocenters. The van der Waals surface area contributed by atoms with Gasteiger partial charge in [0.15, 0.2) is 6.61 Å². The molecular formula is C29H19ClFN3O3. The van der Waals surface area contributed by atoms with Crippen LogP contribution in [-0.4, -0.2) is 28.5 Å². The van der Waals surface area contributed by atoms with Crippen LogP contribution in [0.2, 0.25) is 5.02 Å². The summed E-state index contributed by atoms with van der Waals surface area (Å²) in [6.07, 6.45) is 0. The fourth-order valence-electron chi connectivity index (χ4n) is 3.76. The Bertz CT molecular complexity index is 1610. The monoisotopic (exact) mass is 511 g/mol. The Kier molecular flexibility index (Phi) is 6.87. The van der Waals surface area contributed by atoms with Crippen molar-refractivity contribution in [3.05, 3.63) is 113 Å². The molecule has 4 aromatic carbocycles. The Morgan fingerprint density at radius 3 is 2.03 bits per heavy atom. The second-order valence-electron chi connectivity index (χ2n) is 8.11. The lowest BCUT2D eigenvalue weighted by atomic mass is 10.0. The molecule has 0 radical (unpaired) electrons. The van der Waals surface area contributed by atoms with Crippen molar-refractivity contribution in [3.8, 4) is 22.5 Å². The zero-order valence-electron chi connectivity index (χ0n) is 19.3. The van der Waals surface area contributed by atoms with Crippen molar-refractivity contribution in [1.82, 2.24) is 9.97 Å². The minimum absolute atomic E-state index is 0.127. The highest BCUT2D eigenvalue weighted by molar-refractivity contribution is 6.31. The number of carbonyl (C=O) groups excluding carboxylic acids is 2. The average Bonchev–Trinajstić information content (AvgIpc) is 2.93. The molecule has 1 aromatic heterocycles. The number of ether oxygens (including phenoxy) is 1. The van der Waals surface area contributed by atoms with E-state index in [2.05, 4.69) is 5.32 Å². The maximum Gasteiger partial charge on any atom is 0.338 e. The molecule has 182 valence electrons. The first-order chi connectivity index (χ1) is 18.0. The van der Waals surface area contributed by atoms with Crippen LogP contribution in [0.25, 0.3) is 33.5 Å². The molecule has 1 N–H and O–H groups in total. The predicted octanol–water partition coefficient (Wildman–Crippen LogP) is 6.55. The van der Waals surface area contributed by atoms with Gasteiger partial charge < -0.3 is 10.1 Å². The zero-order chi connectivity index (χ0) is 25.8. The SMILES string of the molecule is O=C(COC(=O)c1ccc2nc(-c3ccccc3)c(-c3ccccc3)nc2c1)Nc1ccc(F)c(Cl)c1. The molecule has 0 saturated carbocycles. The van der Waals surface area contributed by atoms with Crippen molar-refractivity contribution < 1.29 is 18.7 Å². The van der Waals surface area contributed by atoms with Crippen LogP contribution < -0.4 is 5.32 Å². The summed E-state index contributed by atoms with van der Waals surface area (Å²) in [4.78, 5) is 34.5. The largest absolute Gasteiger partial charge is 0.452 e. The number of halogens is 2. The third kappa shape index (κ3) is 5.47. The van der Waals surface area contributed by atoms with E-state index in [0.717, 1.165) is 22.9 Å². The van der Waals surface area contributed by atoms with E-state index in [0.29, 0.717) is 16.7 Å². The third-order valence-electron chi connectivity index (χ3n) is 5.53. The van der Waals surface area contributed by atoms with Crippen molar-refractivity contribution >= 4 is 40.2 Å². The Labute approximate surface area is 216 Å². The lowest BCUT2D eigenvalue weighted by molar-refractivity contribution is -0.119. The van der Waals surface area contributed by atoms with Gasteiger partial charge in [0.05, 0.1) is 33.0 Å². The number of hydrogen-bond donors (Lipinski definition) is 1. The van der Waals surface area contributed by atoms with Crippen molar-refractivity contribution in [3.63, 3.8) is 0 Å². The molecule has 5 aromatic rings. The van der Waals surface area contributed by atoms with Crippen molar-refractivity contribution in [2.75, 3.05) is 11.9 Å². The highest BCUT2D eigenvalue weighted by Gasteiger charge is 2.16. The Morgan fingerprint density at radius 2 is 1.41 bits per heavy atom. The first-order valence-corrected chi connectivity index (χ1v) is 11.7. The maximum atomic E-state index is 13.3. The Morgan fingerprint density at radius 1 is 0.784 bits per heavy atom. The summed E-state index contributed by atoms with van der Waals surface area (Å²) >= 11 is 5.72. The number of hydrogen-bond acceptors (Lipinski definition) is 5. The van der Waals surface area contributed by atoms with Crippen molar-refractivity contribution in [1.29, 1.82) is 0 Å². The number of nitrogens with one attached hydrogen (secondary N) is 1. The van der Waals surface area contributed by atoms with Crippen LogP contribution in [0.5, 0.6) is 0 Å². The molecule has 0 atom stereocenters. The molecule has 0 bridgehead atoms. The number of aromatic nitrogens is 2. The summed E-state index contributed by atoms with van der Waals surface area (Å²) < 4.78 is 18.5. The van der Waals surface area contributed by atoms with Gasteiger partial charge in [0, 0.05) is 16.8 Å². The van der Waals surface area contributed by atoms with Gasteiger partial charge in [-0.1, -0.05) is 72.3 Å². The van der Waals surface area contributed by atoms with Gasteiger partial charge in [-0.05, 0) is 36.4 Å². The molecule has 37 heavy (non-hydrogen) atoms. The number of benzene rings is 4.